The van der Waals surface area contributed by atoms with Gasteiger partial charge in [-0.2, -0.15) is 14.7 Å². The first kappa shape index (κ1) is 16.9. The number of para-hydroxylation sites is 1. The summed E-state index contributed by atoms with van der Waals surface area (Å²) >= 11 is 0. The standard InChI is InChI=1S/C21H22N6O/c1-26-13-16(11-22-26)18-12-23-27-20(24-17-7-3-2-4-8-17)10-19(25-21(18)27)15-6-5-9-28-14-15/h2-4,7-8,10-13,15,24H,5-6,9,14H2,1H3. The summed E-state index contributed by atoms with van der Waals surface area (Å²) in [5.74, 6) is 1.19. The molecule has 3 aromatic heterocycles. The number of hydrogen-bond acceptors (Lipinski definition) is 5. The van der Waals surface area contributed by atoms with Gasteiger partial charge < -0.3 is 10.1 Å². The molecule has 1 aliphatic rings. The van der Waals surface area contributed by atoms with Gasteiger partial charge >= 0.3 is 0 Å². The number of nitrogens with zero attached hydrogens (tertiary/aromatic N) is 5. The second-order valence-electron chi connectivity index (χ2n) is 7.17. The molecule has 142 valence electrons. The van der Waals surface area contributed by atoms with Crippen molar-refractivity contribution < 1.29 is 4.74 Å². The van der Waals surface area contributed by atoms with E-state index in [9.17, 15) is 0 Å². The number of hydrogen-bond donors (Lipinski definition) is 1. The highest BCUT2D eigenvalue weighted by atomic mass is 16.5. The maximum absolute atomic E-state index is 5.71. The highest BCUT2D eigenvalue weighted by molar-refractivity contribution is 5.78. The van der Waals surface area contributed by atoms with E-state index in [2.05, 4.69) is 21.6 Å². The minimum absolute atomic E-state index is 0.298. The van der Waals surface area contributed by atoms with Gasteiger partial charge in [0, 0.05) is 48.6 Å². The average molecular weight is 374 g/mol. The summed E-state index contributed by atoms with van der Waals surface area (Å²) < 4.78 is 9.37. The van der Waals surface area contributed by atoms with Gasteiger partial charge in [0.15, 0.2) is 5.65 Å². The van der Waals surface area contributed by atoms with Crippen molar-refractivity contribution >= 4 is 17.2 Å². The molecule has 0 aliphatic carbocycles. The van der Waals surface area contributed by atoms with Gasteiger partial charge in [0.1, 0.15) is 5.82 Å². The van der Waals surface area contributed by atoms with Crippen molar-refractivity contribution in [3.05, 3.63) is 60.7 Å². The lowest BCUT2D eigenvalue weighted by Crippen LogP contribution is -2.17. The van der Waals surface area contributed by atoms with Crippen molar-refractivity contribution in [2.24, 2.45) is 7.05 Å². The first-order valence-corrected chi connectivity index (χ1v) is 9.55. The number of benzene rings is 1. The molecule has 1 N–H and O–H groups in total. The van der Waals surface area contributed by atoms with Crippen LogP contribution in [0.4, 0.5) is 11.5 Å². The van der Waals surface area contributed by atoms with E-state index in [4.69, 9.17) is 9.72 Å². The summed E-state index contributed by atoms with van der Waals surface area (Å²) in [7, 11) is 1.91. The summed E-state index contributed by atoms with van der Waals surface area (Å²) in [6, 6.07) is 12.2. The molecule has 4 heterocycles. The van der Waals surface area contributed by atoms with Gasteiger partial charge in [-0.05, 0) is 25.0 Å². The van der Waals surface area contributed by atoms with Crippen LogP contribution in [0.1, 0.15) is 24.5 Å². The van der Waals surface area contributed by atoms with Crippen LogP contribution in [0.25, 0.3) is 16.8 Å². The Balaban J connectivity index is 1.65. The Kier molecular flexibility index (Phi) is 4.29. The maximum atomic E-state index is 5.71. The largest absolute Gasteiger partial charge is 0.381 e. The second kappa shape index (κ2) is 7.09. The van der Waals surface area contributed by atoms with Gasteiger partial charge in [0.2, 0.25) is 0 Å². The molecule has 1 unspecified atom stereocenters. The van der Waals surface area contributed by atoms with Crippen LogP contribution < -0.4 is 5.32 Å². The van der Waals surface area contributed by atoms with Crippen LogP contribution in [-0.2, 0) is 11.8 Å². The van der Waals surface area contributed by atoms with E-state index < -0.39 is 0 Å². The van der Waals surface area contributed by atoms with E-state index in [1.54, 1.807) is 4.68 Å². The first-order valence-electron chi connectivity index (χ1n) is 9.55. The molecule has 5 rings (SSSR count). The molecule has 0 saturated carbocycles. The summed E-state index contributed by atoms with van der Waals surface area (Å²) in [6.45, 7) is 1.55. The Hall–Kier alpha value is -3.19. The predicted molar refractivity (Wildman–Crippen MR) is 108 cm³/mol. The van der Waals surface area contributed by atoms with Crippen LogP contribution in [-0.4, -0.2) is 37.6 Å². The lowest BCUT2D eigenvalue weighted by Gasteiger charge is -2.22. The molecule has 0 amide bonds. The fourth-order valence-corrected chi connectivity index (χ4v) is 3.69. The molecular formula is C21H22N6O. The molecule has 1 atom stereocenters. The Morgan fingerprint density at radius 1 is 1.14 bits per heavy atom. The molecule has 0 radical (unpaired) electrons. The smallest absolute Gasteiger partial charge is 0.165 e. The third kappa shape index (κ3) is 3.14. The molecule has 1 fully saturated rings. The zero-order chi connectivity index (χ0) is 18.9. The predicted octanol–water partition coefficient (Wildman–Crippen LogP) is 3.77. The number of rotatable bonds is 4. The lowest BCUT2D eigenvalue weighted by molar-refractivity contribution is 0.0794. The number of aromatic nitrogens is 5. The number of nitrogens with one attached hydrogen (secondary N) is 1. The van der Waals surface area contributed by atoms with Crippen LogP contribution >= 0.6 is 0 Å². The van der Waals surface area contributed by atoms with E-state index in [0.29, 0.717) is 12.5 Å². The van der Waals surface area contributed by atoms with Crippen molar-refractivity contribution in [2.75, 3.05) is 18.5 Å². The average Bonchev–Trinajstić information content (AvgIpc) is 3.35. The topological polar surface area (TPSA) is 69.3 Å². The molecule has 1 aliphatic heterocycles. The van der Waals surface area contributed by atoms with E-state index in [0.717, 1.165) is 53.4 Å². The molecule has 1 saturated heterocycles. The van der Waals surface area contributed by atoms with E-state index in [1.165, 1.54) is 0 Å². The third-order valence-corrected chi connectivity index (χ3v) is 5.13. The number of ether oxygens (including phenoxy) is 1. The molecule has 7 heteroatoms. The third-order valence-electron chi connectivity index (χ3n) is 5.13. The van der Waals surface area contributed by atoms with Gasteiger partial charge in [0.05, 0.1) is 24.7 Å². The molecule has 1 aromatic carbocycles. The Bertz CT molecular complexity index is 1090. The van der Waals surface area contributed by atoms with E-state index in [1.807, 2.05) is 60.5 Å². The van der Waals surface area contributed by atoms with Crippen molar-refractivity contribution in [1.82, 2.24) is 24.4 Å². The summed E-state index contributed by atoms with van der Waals surface area (Å²) in [6.07, 6.45) is 7.84. The normalized spacial score (nSPS) is 17.1. The fourth-order valence-electron chi connectivity index (χ4n) is 3.69. The zero-order valence-electron chi connectivity index (χ0n) is 15.7. The molecular weight excluding hydrogens is 352 g/mol. The van der Waals surface area contributed by atoms with Gasteiger partial charge in [-0.3, -0.25) is 4.68 Å². The van der Waals surface area contributed by atoms with Gasteiger partial charge in [0.25, 0.3) is 0 Å². The van der Waals surface area contributed by atoms with Crippen molar-refractivity contribution in [2.45, 2.75) is 18.8 Å². The molecule has 4 aromatic rings. The van der Waals surface area contributed by atoms with Crippen molar-refractivity contribution in [3.8, 4) is 11.1 Å². The van der Waals surface area contributed by atoms with E-state index >= 15 is 0 Å². The zero-order valence-corrected chi connectivity index (χ0v) is 15.7. The minimum Gasteiger partial charge on any atom is -0.381 e. The van der Waals surface area contributed by atoms with Crippen LogP contribution in [0, 0.1) is 0 Å². The van der Waals surface area contributed by atoms with Gasteiger partial charge in [-0.1, -0.05) is 18.2 Å². The quantitative estimate of drug-likeness (QED) is 0.589. The fraction of sp³-hybridized carbons (Fsp3) is 0.286. The SMILES string of the molecule is Cn1cc(-c2cnn3c(Nc4ccccc4)cc(C4CCCOC4)nc23)cn1. The van der Waals surface area contributed by atoms with Crippen LogP contribution in [0.2, 0.25) is 0 Å². The van der Waals surface area contributed by atoms with Crippen LogP contribution in [0.15, 0.2) is 55.0 Å². The summed E-state index contributed by atoms with van der Waals surface area (Å²) in [4.78, 5) is 4.99. The molecule has 0 spiro atoms. The second-order valence-corrected chi connectivity index (χ2v) is 7.17. The minimum atomic E-state index is 0.298. The summed E-state index contributed by atoms with van der Waals surface area (Å²) in [5, 5.41) is 12.4. The van der Waals surface area contributed by atoms with Crippen molar-refractivity contribution in [1.29, 1.82) is 0 Å². The summed E-state index contributed by atoms with van der Waals surface area (Å²) in [5.41, 5.74) is 4.86. The van der Waals surface area contributed by atoms with Crippen LogP contribution in [0.5, 0.6) is 0 Å². The monoisotopic (exact) mass is 374 g/mol. The molecule has 0 bridgehead atoms. The van der Waals surface area contributed by atoms with Gasteiger partial charge in [-0.15, -0.1) is 0 Å². The molecule has 28 heavy (non-hydrogen) atoms. The number of aryl methyl sites for hydroxylation is 1. The number of fused-ring (bicyclic) bond motifs is 1. The first-order chi connectivity index (χ1) is 13.8. The number of anilines is 2. The van der Waals surface area contributed by atoms with Crippen LogP contribution in [0.3, 0.4) is 0 Å². The highest BCUT2D eigenvalue weighted by Gasteiger charge is 2.21. The Morgan fingerprint density at radius 2 is 2.04 bits per heavy atom. The molecule has 7 nitrogen and oxygen atoms in total. The Labute approximate surface area is 163 Å². The lowest BCUT2D eigenvalue weighted by atomic mass is 9.98. The van der Waals surface area contributed by atoms with E-state index in [-0.39, 0.29) is 0 Å². The highest BCUT2D eigenvalue weighted by Crippen LogP contribution is 2.31. The Morgan fingerprint density at radius 3 is 2.79 bits per heavy atom. The maximum Gasteiger partial charge on any atom is 0.165 e. The van der Waals surface area contributed by atoms with Gasteiger partial charge in [-0.25, -0.2) is 4.98 Å². The van der Waals surface area contributed by atoms with Crippen molar-refractivity contribution in [3.63, 3.8) is 0 Å².